The first-order chi connectivity index (χ1) is 17.1. The van der Waals surface area contributed by atoms with E-state index in [2.05, 4.69) is 50.6 Å². The van der Waals surface area contributed by atoms with Gasteiger partial charge >= 0.3 is 0 Å². The molecule has 2 aromatic carbocycles. The number of hydrogen-bond acceptors (Lipinski definition) is 5. The van der Waals surface area contributed by atoms with Gasteiger partial charge in [0.2, 0.25) is 5.91 Å². The lowest BCUT2D eigenvalue weighted by Gasteiger charge is -2.16. The highest BCUT2D eigenvalue weighted by Crippen LogP contribution is 2.26. The van der Waals surface area contributed by atoms with Crippen LogP contribution in [0.4, 0.5) is 0 Å². The van der Waals surface area contributed by atoms with Crippen molar-refractivity contribution in [1.29, 1.82) is 0 Å². The van der Waals surface area contributed by atoms with Crippen LogP contribution in [0.25, 0.3) is 27.0 Å². The topological polar surface area (TPSA) is 118 Å². The molecule has 1 atom stereocenters. The maximum Gasteiger partial charge on any atom is 0.272 e. The summed E-state index contributed by atoms with van der Waals surface area (Å²) in [6.45, 7) is 0. The summed E-state index contributed by atoms with van der Waals surface area (Å²) in [5.74, 6) is 0.157. The van der Waals surface area contributed by atoms with Gasteiger partial charge in [0.05, 0.1) is 17.9 Å². The molecule has 0 fully saturated rings. The van der Waals surface area contributed by atoms with Gasteiger partial charge in [-0.2, -0.15) is 0 Å². The van der Waals surface area contributed by atoms with Gasteiger partial charge in [-0.1, -0.05) is 49.2 Å². The Hall–Kier alpha value is -3.98. The molecule has 8 nitrogen and oxygen atoms in total. The highest BCUT2D eigenvalue weighted by Gasteiger charge is 2.21. The van der Waals surface area contributed by atoms with Crippen LogP contribution in [0.15, 0.2) is 66.4 Å². The average molecular weight is 487 g/mol. The first-order valence-electron chi connectivity index (χ1n) is 11.6. The molecule has 0 aliphatic rings. The Morgan fingerprint density at radius 3 is 2.80 bits per heavy atom. The summed E-state index contributed by atoms with van der Waals surface area (Å²) >= 11 is 1.48. The van der Waals surface area contributed by atoms with Crippen LogP contribution in [0.3, 0.4) is 0 Å². The van der Waals surface area contributed by atoms with Crippen molar-refractivity contribution >= 4 is 38.9 Å². The van der Waals surface area contributed by atoms with E-state index >= 15 is 0 Å². The molecule has 5 aromatic rings. The minimum absolute atomic E-state index is 0.244. The summed E-state index contributed by atoms with van der Waals surface area (Å²) < 4.78 is 1.84. The van der Waals surface area contributed by atoms with E-state index in [9.17, 15) is 9.59 Å². The minimum atomic E-state index is -0.315. The van der Waals surface area contributed by atoms with E-state index in [1.165, 1.54) is 16.7 Å². The zero-order valence-corrected chi connectivity index (χ0v) is 19.9. The number of rotatable bonds is 10. The van der Waals surface area contributed by atoms with Gasteiger partial charge in [0.25, 0.3) is 5.91 Å². The molecular formula is C26H26N6O2S. The Kier molecular flexibility index (Phi) is 6.58. The molecular weight excluding hydrogens is 460 g/mol. The van der Waals surface area contributed by atoms with Crippen molar-refractivity contribution in [3.8, 4) is 11.3 Å². The molecule has 35 heavy (non-hydrogen) atoms. The Labute approximate surface area is 206 Å². The van der Waals surface area contributed by atoms with Gasteiger partial charge in [0.1, 0.15) is 11.5 Å². The summed E-state index contributed by atoms with van der Waals surface area (Å²) in [4.78, 5) is 37.3. The number of thiazole rings is 1. The molecule has 0 saturated carbocycles. The van der Waals surface area contributed by atoms with Crippen LogP contribution in [0.1, 0.15) is 54.5 Å². The van der Waals surface area contributed by atoms with Crippen LogP contribution in [0.5, 0.6) is 0 Å². The Morgan fingerprint density at radius 1 is 1.11 bits per heavy atom. The molecule has 0 spiro atoms. The zero-order chi connectivity index (χ0) is 24.2. The number of benzene rings is 2. The molecule has 0 aliphatic carbocycles. The van der Waals surface area contributed by atoms with E-state index in [0.717, 1.165) is 40.9 Å². The van der Waals surface area contributed by atoms with Crippen LogP contribution in [0, 0.1) is 0 Å². The third-order valence-corrected chi connectivity index (χ3v) is 6.80. The van der Waals surface area contributed by atoms with Gasteiger partial charge < -0.3 is 16.0 Å². The third-order valence-electron chi connectivity index (χ3n) is 6.03. The number of carbonyl (C=O) groups is 2. The van der Waals surface area contributed by atoms with E-state index in [1.54, 1.807) is 12.4 Å². The molecule has 0 aliphatic heterocycles. The van der Waals surface area contributed by atoms with E-state index in [1.807, 2.05) is 28.1 Å². The molecule has 3 aromatic heterocycles. The minimum Gasteiger partial charge on any atom is -0.370 e. The molecule has 0 saturated heterocycles. The van der Waals surface area contributed by atoms with Crippen molar-refractivity contribution in [2.45, 2.75) is 38.1 Å². The van der Waals surface area contributed by atoms with Gasteiger partial charge in [-0.3, -0.25) is 14.0 Å². The maximum absolute atomic E-state index is 13.0. The number of H-pyrrole nitrogens is 1. The van der Waals surface area contributed by atoms with Crippen molar-refractivity contribution in [2.24, 2.45) is 5.73 Å². The Morgan fingerprint density at radius 2 is 1.97 bits per heavy atom. The van der Waals surface area contributed by atoms with Crippen LogP contribution >= 0.6 is 11.3 Å². The van der Waals surface area contributed by atoms with E-state index in [-0.39, 0.29) is 17.9 Å². The maximum atomic E-state index is 13.0. The molecule has 9 heteroatoms. The largest absolute Gasteiger partial charge is 0.370 e. The van der Waals surface area contributed by atoms with Gasteiger partial charge in [0.15, 0.2) is 4.96 Å². The molecule has 0 bridgehead atoms. The smallest absolute Gasteiger partial charge is 0.272 e. The van der Waals surface area contributed by atoms with Crippen LogP contribution in [-0.2, 0) is 4.79 Å². The molecule has 0 unspecified atom stereocenters. The Bertz CT molecular complexity index is 1450. The molecule has 4 N–H and O–H groups in total. The van der Waals surface area contributed by atoms with Gasteiger partial charge in [0, 0.05) is 29.8 Å². The fourth-order valence-electron chi connectivity index (χ4n) is 4.19. The first-order valence-corrected chi connectivity index (χ1v) is 12.5. The number of nitrogens with one attached hydrogen (secondary N) is 2. The summed E-state index contributed by atoms with van der Waals surface area (Å²) in [7, 11) is 0. The molecule has 3 heterocycles. The molecule has 2 amide bonds. The second-order valence-electron chi connectivity index (χ2n) is 8.55. The normalized spacial score (nSPS) is 12.2. The number of hydrogen-bond donors (Lipinski definition) is 3. The monoisotopic (exact) mass is 486 g/mol. The number of aromatic nitrogens is 4. The second kappa shape index (κ2) is 10.1. The number of fused-ring (bicyclic) bond motifs is 2. The molecule has 5 rings (SSSR count). The number of imidazole rings is 2. The van der Waals surface area contributed by atoms with Gasteiger partial charge in [-0.05, 0) is 29.7 Å². The fourth-order valence-corrected chi connectivity index (χ4v) is 4.89. The standard InChI is InChI=1S/C26H26N6O2S/c27-23(33)9-3-1-2-8-20(30-25(34)22-16-32-12-13-35-26(32)31-22)24-28-15-21(29-24)19-11-10-17-6-4-5-7-18(17)14-19/h4-7,10-16,20H,1-3,8-9H2,(H2,27,33)(H,28,29)(H,30,34)/t20-/m0/s1. The van der Waals surface area contributed by atoms with E-state index in [4.69, 9.17) is 5.73 Å². The number of carbonyl (C=O) groups excluding carboxylic acids is 2. The van der Waals surface area contributed by atoms with E-state index < -0.39 is 0 Å². The summed E-state index contributed by atoms with van der Waals surface area (Å²) in [5, 5.41) is 7.36. The number of amides is 2. The number of primary amides is 1. The van der Waals surface area contributed by atoms with E-state index in [0.29, 0.717) is 24.4 Å². The van der Waals surface area contributed by atoms with Crippen molar-refractivity contribution in [3.05, 3.63) is 78.0 Å². The quantitative estimate of drug-likeness (QED) is 0.245. The second-order valence-corrected chi connectivity index (χ2v) is 9.43. The van der Waals surface area contributed by atoms with Gasteiger partial charge in [-0.25, -0.2) is 9.97 Å². The number of aromatic amines is 1. The number of nitrogens with zero attached hydrogens (tertiary/aromatic N) is 3. The third kappa shape index (κ3) is 5.25. The SMILES string of the molecule is NC(=O)CCCCC[C@H](NC(=O)c1cn2ccsc2n1)c1ncc(-c2ccc3ccccc3c2)[nH]1. The van der Waals surface area contributed by atoms with Crippen LogP contribution in [0.2, 0.25) is 0 Å². The molecule has 0 radical (unpaired) electrons. The number of unbranched alkanes of at least 4 members (excludes halogenated alkanes) is 2. The molecule has 178 valence electrons. The lowest BCUT2D eigenvalue weighted by molar-refractivity contribution is -0.118. The van der Waals surface area contributed by atoms with Crippen molar-refractivity contribution in [2.75, 3.05) is 0 Å². The predicted octanol–water partition coefficient (Wildman–Crippen LogP) is 4.85. The van der Waals surface area contributed by atoms with Gasteiger partial charge in [-0.15, -0.1) is 11.3 Å². The van der Waals surface area contributed by atoms with Crippen molar-refractivity contribution in [1.82, 2.24) is 24.7 Å². The summed E-state index contributed by atoms with van der Waals surface area (Å²) in [5.41, 5.74) is 7.55. The van der Waals surface area contributed by atoms with Crippen LogP contribution in [-0.4, -0.2) is 31.2 Å². The fraction of sp³-hybridized carbons (Fsp3) is 0.231. The average Bonchev–Trinajstić information content (AvgIpc) is 3.59. The highest BCUT2D eigenvalue weighted by atomic mass is 32.1. The Balaban J connectivity index is 1.35. The summed E-state index contributed by atoms with van der Waals surface area (Å²) in [6.07, 6.45) is 8.85. The lowest BCUT2D eigenvalue weighted by Crippen LogP contribution is -2.29. The highest BCUT2D eigenvalue weighted by molar-refractivity contribution is 7.15. The van der Waals surface area contributed by atoms with Crippen LogP contribution < -0.4 is 11.1 Å². The predicted molar refractivity (Wildman–Crippen MR) is 137 cm³/mol. The van der Waals surface area contributed by atoms with Crippen molar-refractivity contribution in [3.63, 3.8) is 0 Å². The first kappa shape index (κ1) is 22.8. The number of nitrogens with two attached hydrogens (primary N) is 1. The van der Waals surface area contributed by atoms with Crippen molar-refractivity contribution < 1.29 is 9.59 Å². The summed E-state index contributed by atoms with van der Waals surface area (Å²) in [6, 6.07) is 14.2. The zero-order valence-electron chi connectivity index (χ0n) is 19.1. The lowest BCUT2D eigenvalue weighted by atomic mass is 10.1.